The first-order valence-electron chi connectivity index (χ1n) is 7.51. The normalized spacial score (nSPS) is 23.8. The molecule has 2 fully saturated rings. The van der Waals surface area contributed by atoms with Crippen molar-refractivity contribution in [1.82, 2.24) is 14.8 Å². The van der Waals surface area contributed by atoms with Crippen molar-refractivity contribution in [2.75, 3.05) is 20.1 Å². The molecule has 1 amide bonds. The lowest BCUT2D eigenvalue weighted by Gasteiger charge is -2.32. The summed E-state index contributed by atoms with van der Waals surface area (Å²) in [7, 11) is 2.15. The molecule has 3 rings (SSSR count). The Morgan fingerprint density at radius 1 is 1.40 bits per heavy atom. The number of carbonyl (C=O) groups excluding carboxylic acids is 1. The van der Waals surface area contributed by atoms with E-state index in [4.69, 9.17) is 0 Å². The summed E-state index contributed by atoms with van der Waals surface area (Å²) in [6.07, 6.45) is 8.14. The molecule has 1 unspecified atom stereocenters. The number of rotatable bonds is 4. The quantitative estimate of drug-likeness (QED) is 0.915. The predicted molar refractivity (Wildman–Crippen MR) is 83.0 cm³/mol. The van der Waals surface area contributed by atoms with E-state index in [1.165, 1.54) is 32.1 Å². The first-order chi connectivity index (χ1) is 9.65. The highest BCUT2D eigenvalue weighted by molar-refractivity contribution is 9.10. The van der Waals surface area contributed by atoms with Crippen molar-refractivity contribution in [3.05, 3.63) is 22.4 Å². The zero-order valence-electron chi connectivity index (χ0n) is 11.9. The Hall–Kier alpha value is -0.810. The number of likely N-dealkylation sites (N-methyl/N-ethyl adjacent to an activating group) is 1. The number of piperidine rings is 1. The van der Waals surface area contributed by atoms with Crippen LogP contribution in [0.2, 0.25) is 0 Å². The summed E-state index contributed by atoms with van der Waals surface area (Å²) in [5, 5.41) is 3.11. The number of halogens is 1. The summed E-state index contributed by atoms with van der Waals surface area (Å²) >= 11 is 3.48. The molecule has 110 valence electrons. The monoisotopic (exact) mass is 339 g/mol. The van der Waals surface area contributed by atoms with Crippen LogP contribution in [0.5, 0.6) is 0 Å². The van der Waals surface area contributed by atoms with Gasteiger partial charge in [-0.1, -0.05) is 6.42 Å². The highest BCUT2D eigenvalue weighted by Crippen LogP contribution is 2.37. The van der Waals surface area contributed by atoms with Gasteiger partial charge < -0.3 is 14.8 Å². The third-order valence-electron chi connectivity index (χ3n) is 4.41. The number of amides is 1. The Balaban J connectivity index is 1.61. The van der Waals surface area contributed by atoms with Gasteiger partial charge in [-0.05, 0) is 61.3 Å². The van der Waals surface area contributed by atoms with Gasteiger partial charge in [-0.15, -0.1) is 0 Å². The van der Waals surface area contributed by atoms with E-state index in [-0.39, 0.29) is 5.91 Å². The minimum absolute atomic E-state index is 0.0570. The van der Waals surface area contributed by atoms with Crippen molar-refractivity contribution >= 4 is 21.8 Å². The smallest absolute Gasteiger partial charge is 0.268 e. The van der Waals surface area contributed by atoms with Gasteiger partial charge in [0.15, 0.2) is 0 Å². The Morgan fingerprint density at radius 3 is 2.90 bits per heavy atom. The lowest BCUT2D eigenvalue weighted by atomic mass is 10.0. The minimum atomic E-state index is 0.0570. The highest BCUT2D eigenvalue weighted by atomic mass is 79.9. The number of likely N-dealkylation sites (tertiary alicyclic amines) is 1. The van der Waals surface area contributed by atoms with Crippen LogP contribution in [0.3, 0.4) is 0 Å². The molecule has 0 aromatic carbocycles. The number of aromatic nitrogens is 1. The van der Waals surface area contributed by atoms with E-state index < -0.39 is 0 Å². The van der Waals surface area contributed by atoms with E-state index in [0.29, 0.717) is 12.1 Å². The number of carbonyl (C=O) groups is 1. The molecule has 1 aromatic heterocycles. The molecule has 2 heterocycles. The summed E-state index contributed by atoms with van der Waals surface area (Å²) in [5.74, 6) is 0.0570. The van der Waals surface area contributed by atoms with Crippen LogP contribution in [0.1, 0.15) is 48.6 Å². The lowest BCUT2D eigenvalue weighted by molar-refractivity contribution is 0.0919. The van der Waals surface area contributed by atoms with Crippen LogP contribution in [0.15, 0.2) is 16.7 Å². The van der Waals surface area contributed by atoms with Crippen molar-refractivity contribution in [3.8, 4) is 0 Å². The van der Waals surface area contributed by atoms with E-state index in [1.54, 1.807) is 0 Å². The number of nitrogens with one attached hydrogen (secondary N) is 1. The minimum Gasteiger partial charge on any atom is -0.349 e. The van der Waals surface area contributed by atoms with Crippen LogP contribution in [-0.4, -0.2) is 41.6 Å². The van der Waals surface area contributed by atoms with Crippen LogP contribution in [-0.2, 0) is 0 Å². The van der Waals surface area contributed by atoms with Crippen LogP contribution >= 0.6 is 15.9 Å². The number of nitrogens with zero attached hydrogens (tertiary/aromatic N) is 2. The van der Waals surface area contributed by atoms with Gasteiger partial charge in [0.25, 0.3) is 5.91 Å². The van der Waals surface area contributed by atoms with Gasteiger partial charge in [0.05, 0.1) is 0 Å². The van der Waals surface area contributed by atoms with Gasteiger partial charge in [0.2, 0.25) is 0 Å². The van der Waals surface area contributed by atoms with Gasteiger partial charge in [-0.3, -0.25) is 4.79 Å². The molecule has 0 bridgehead atoms. The van der Waals surface area contributed by atoms with E-state index in [2.05, 4.69) is 37.8 Å². The highest BCUT2D eigenvalue weighted by Gasteiger charge is 2.28. The first kappa shape index (κ1) is 14.1. The predicted octanol–water partition coefficient (Wildman–Crippen LogP) is 2.80. The number of hydrogen-bond donors (Lipinski definition) is 1. The van der Waals surface area contributed by atoms with Crippen molar-refractivity contribution in [3.63, 3.8) is 0 Å². The van der Waals surface area contributed by atoms with Crippen LogP contribution in [0.4, 0.5) is 0 Å². The van der Waals surface area contributed by atoms with Crippen molar-refractivity contribution in [2.45, 2.75) is 44.2 Å². The van der Waals surface area contributed by atoms with Crippen molar-refractivity contribution in [2.24, 2.45) is 0 Å². The molecule has 5 heteroatoms. The maximum atomic E-state index is 12.4. The van der Waals surface area contributed by atoms with Crippen LogP contribution in [0.25, 0.3) is 0 Å². The average molecular weight is 340 g/mol. The molecule has 0 spiro atoms. The second-order valence-electron chi connectivity index (χ2n) is 6.02. The molecule has 1 atom stereocenters. The molecule has 1 aliphatic heterocycles. The van der Waals surface area contributed by atoms with Crippen molar-refractivity contribution in [1.29, 1.82) is 0 Å². The Labute approximate surface area is 128 Å². The molecule has 1 saturated carbocycles. The Kier molecular flexibility index (Phi) is 4.17. The van der Waals surface area contributed by atoms with Gasteiger partial charge in [-0.2, -0.15) is 0 Å². The van der Waals surface area contributed by atoms with Gasteiger partial charge in [0.1, 0.15) is 5.69 Å². The summed E-state index contributed by atoms with van der Waals surface area (Å²) < 4.78 is 3.11. The third-order valence-corrected chi connectivity index (χ3v) is 4.84. The topological polar surface area (TPSA) is 37.3 Å². The molecule has 2 aliphatic rings. The number of hydrogen-bond acceptors (Lipinski definition) is 2. The van der Waals surface area contributed by atoms with E-state index in [9.17, 15) is 4.79 Å². The first-order valence-corrected chi connectivity index (χ1v) is 8.30. The van der Waals surface area contributed by atoms with E-state index >= 15 is 0 Å². The molecular weight excluding hydrogens is 318 g/mol. The Morgan fingerprint density at radius 2 is 2.20 bits per heavy atom. The molecule has 1 N–H and O–H groups in total. The summed E-state index contributed by atoms with van der Waals surface area (Å²) in [5.41, 5.74) is 0.790. The Bertz CT molecular complexity index is 495. The maximum absolute atomic E-state index is 12.4. The third kappa shape index (κ3) is 3.09. The molecule has 4 nitrogen and oxygen atoms in total. The van der Waals surface area contributed by atoms with Gasteiger partial charge in [0, 0.05) is 29.3 Å². The second kappa shape index (κ2) is 5.90. The van der Waals surface area contributed by atoms with Crippen LogP contribution in [0, 0.1) is 0 Å². The SMILES string of the molecule is CN1CCCCC1CNC(=O)c1cc(Br)cn1C1CC1. The molecule has 20 heavy (non-hydrogen) atoms. The zero-order valence-corrected chi connectivity index (χ0v) is 13.5. The maximum Gasteiger partial charge on any atom is 0.268 e. The van der Waals surface area contributed by atoms with E-state index in [0.717, 1.165) is 23.3 Å². The fourth-order valence-corrected chi connectivity index (χ4v) is 3.42. The largest absolute Gasteiger partial charge is 0.349 e. The molecular formula is C15H22BrN3O. The average Bonchev–Trinajstić information content (AvgIpc) is 3.20. The fraction of sp³-hybridized carbons (Fsp3) is 0.667. The summed E-state index contributed by atoms with van der Waals surface area (Å²) in [6.45, 7) is 1.90. The van der Waals surface area contributed by atoms with Gasteiger partial charge >= 0.3 is 0 Å². The van der Waals surface area contributed by atoms with Crippen molar-refractivity contribution < 1.29 is 4.79 Å². The second-order valence-corrected chi connectivity index (χ2v) is 6.94. The van der Waals surface area contributed by atoms with Crippen LogP contribution < -0.4 is 5.32 Å². The molecule has 1 aromatic rings. The molecule has 1 saturated heterocycles. The molecule has 1 aliphatic carbocycles. The summed E-state index contributed by atoms with van der Waals surface area (Å²) in [6, 6.07) is 2.94. The lowest BCUT2D eigenvalue weighted by Crippen LogP contribution is -2.44. The fourth-order valence-electron chi connectivity index (χ4n) is 2.99. The van der Waals surface area contributed by atoms with Gasteiger partial charge in [-0.25, -0.2) is 0 Å². The summed E-state index contributed by atoms with van der Waals surface area (Å²) in [4.78, 5) is 14.7. The van der Waals surface area contributed by atoms with E-state index in [1.807, 2.05) is 12.3 Å². The standard InChI is InChI=1S/C15H22BrN3O/c1-18-7-3-2-4-13(18)9-17-15(20)14-8-11(16)10-19(14)12-5-6-12/h8,10,12-13H,2-7,9H2,1H3,(H,17,20). The zero-order chi connectivity index (χ0) is 14.1. The molecule has 0 radical (unpaired) electrons.